The molecule has 4 heterocycles. The van der Waals surface area contributed by atoms with E-state index in [9.17, 15) is 17.6 Å². The minimum atomic E-state index is -0.796. The number of allylic oxidation sites excluding steroid dienone is 2. The van der Waals surface area contributed by atoms with Crippen molar-refractivity contribution in [3.8, 4) is 41.8 Å². The molecule has 0 radical (unpaired) electrons. The van der Waals surface area contributed by atoms with Crippen LogP contribution in [-0.4, -0.2) is 8.75 Å². The molecule has 0 amide bonds. The van der Waals surface area contributed by atoms with Gasteiger partial charge in [0.1, 0.15) is 34.1 Å². The summed E-state index contributed by atoms with van der Waals surface area (Å²) >= 11 is 5.39. The van der Waals surface area contributed by atoms with Gasteiger partial charge >= 0.3 is 0 Å². The summed E-state index contributed by atoms with van der Waals surface area (Å²) in [6.07, 6.45) is 5.11. The van der Waals surface area contributed by atoms with Crippen molar-refractivity contribution in [3.05, 3.63) is 95.6 Å². The van der Waals surface area contributed by atoms with E-state index in [1.54, 1.807) is 46.9 Å². The van der Waals surface area contributed by atoms with Gasteiger partial charge in [0.15, 0.2) is 11.7 Å². The fourth-order valence-corrected chi connectivity index (χ4v) is 9.37. The van der Waals surface area contributed by atoms with Crippen molar-refractivity contribution < 1.29 is 17.6 Å². The summed E-state index contributed by atoms with van der Waals surface area (Å²) in [6, 6.07) is 21.8. The molecule has 3 aromatic carbocycles. The second-order valence-electron chi connectivity index (χ2n) is 12.5. The van der Waals surface area contributed by atoms with Crippen molar-refractivity contribution in [2.45, 2.75) is 65.2 Å². The van der Waals surface area contributed by atoms with Gasteiger partial charge in [-0.15, -0.1) is 22.7 Å². The summed E-state index contributed by atoms with van der Waals surface area (Å²) in [5.74, 6) is -2.99. The lowest BCUT2D eigenvalue weighted by molar-refractivity contribution is 0.541. The molecule has 0 saturated heterocycles. The average molecular weight is 775 g/mol. The topological polar surface area (TPSA) is 50.5 Å². The van der Waals surface area contributed by atoms with Gasteiger partial charge in [0.25, 0.3) is 0 Å². The molecule has 266 valence electrons. The summed E-state index contributed by atoms with van der Waals surface area (Å²) in [4.78, 5) is 3.83. The second-order valence-corrected chi connectivity index (χ2v) is 15.7. The lowest BCUT2D eigenvalue weighted by Gasteiger charge is -2.09. The number of fused-ring (bicyclic) bond motifs is 2. The van der Waals surface area contributed by atoms with E-state index in [-0.39, 0.29) is 24.0 Å². The van der Waals surface area contributed by atoms with E-state index in [0.29, 0.717) is 12.8 Å². The van der Waals surface area contributed by atoms with E-state index >= 15 is 0 Å². The van der Waals surface area contributed by atoms with Crippen LogP contribution in [-0.2, 0) is 11.4 Å². The van der Waals surface area contributed by atoms with Crippen molar-refractivity contribution in [2.24, 2.45) is 8.73 Å². The number of benzene rings is 3. The summed E-state index contributed by atoms with van der Waals surface area (Å²) < 4.78 is 77.2. The molecule has 12 heteroatoms. The SMILES string of the molecule is CCCCC/C(F)=C(/F)c1ccc(-c2ccc(-c3c4c(c(-c5ccc(-c6ccc(/C(F)=C(/F)CCCCC)cc6)s5)c5nsnc35)N=S=N4)s2)cc1. The van der Waals surface area contributed by atoms with Crippen LogP contribution in [0.3, 0.4) is 0 Å². The van der Waals surface area contributed by atoms with Gasteiger partial charge in [-0.3, -0.25) is 0 Å². The van der Waals surface area contributed by atoms with Gasteiger partial charge in [-0.25, -0.2) is 17.6 Å². The zero-order valence-electron chi connectivity index (χ0n) is 28.5. The maximum Gasteiger partial charge on any atom is 0.161 e. The van der Waals surface area contributed by atoms with Gasteiger partial charge in [-0.05, 0) is 48.2 Å². The van der Waals surface area contributed by atoms with Gasteiger partial charge in [-0.1, -0.05) is 88.1 Å². The zero-order valence-corrected chi connectivity index (χ0v) is 31.8. The van der Waals surface area contributed by atoms with Crippen molar-refractivity contribution in [1.82, 2.24) is 8.75 Å². The third-order valence-electron chi connectivity index (χ3n) is 8.95. The first-order chi connectivity index (χ1) is 25.4. The zero-order chi connectivity index (χ0) is 36.2. The monoisotopic (exact) mass is 774 g/mol. The number of thiophene rings is 2. The van der Waals surface area contributed by atoms with Gasteiger partial charge < -0.3 is 0 Å². The predicted molar refractivity (Wildman–Crippen MR) is 213 cm³/mol. The fourth-order valence-electron chi connectivity index (χ4n) is 6.13. The Bertz CT molecular complexity index is 2200. The number of nitrogens with zero attached hydrogens (tertiary/aromatic N) is 4. The molecule has 6 aromatic rings. The molecule has 0 saturated carbocycles. The van der Waals surface area contributed by atoms with Crippen LogP contribution in [0.1, 0.15) is 76.3 Å². The van der Waals surface area contributed by atoms with Crippen molar-refractivity contribution in [3.63, 3.8) is 0 Å². The quantitative estimate of drug-likeness (QED) is 0.0816. The first kappa shape index (κ1) is 36.3. The highest BCUT2D eigenvalue weighted by Crippen LogP contribution is 2.54. The molecule has 1 aliphatic rings. The smallest absolute Gasteiger partial charge is 0.161 e. The summed E-state index contributed by atoms with van der Waals surface area (Å²) in [5.41, 5.74) is 6.91. The van der Waals surface area contributed by atoms with Gasteiger partial charge in [0, 0.05) is 54.6 Å². The van der Waals surface area contributed by atoms with Crippen LogP contribution < -0.4 is 0 Å². The number of hydrogen-bond acceptors (Lipinski definition) is 7. The van der Waals surface area contributed by atoms with Gasteiger partial charge in [0.2, 0.25) is 0 Å². The minimum absolute atomic E-state index is 0.110. The molecule has 52 heavy (non-hydrogen) atoms. The van der Waals surface area contributed by atoms with Crippen LogP contribution in [0.15, 0.2) is 93.2 Å². The second kappa shape index (κ2) is 16.3. The predicted octanol–water partition coefficient (Wildman–Crippen LogP) is 15.6. The third kappa shape index (κ3) is 7.39. The molecule has 0 bridgehead atoms. The summed E-state index contributed by atoms with van der Waals surface area (Å²) in [5, 5.41) is 0. The molecule has 3 aromatic heterocycles. The molecule has 0 spiro atoms. The molecular weight excluding hydrogens is 741 g/mol. The Labute approximate surface area is 315 Å². The Balaban J connectivity index is 1.17. The highest BCUT2D eigenvalue weighted by Gasteiger charge is 2.28. The molecule has 0 atom stereocenters. The molecule has 1 aliphatic heterocycles. The lowest BCUT2D eigenvalue weighted by Crippen LogP contribution is -1.85. The van der Waals surface area contributed by atoms with Crippen LogP contribution in [0, 0.1) is 0 Å². The summed E-state index contributed by atoms with van der Waals surface area (Å²) in [6.45, 7) is 4.06. The van der Waals surface area contributed by atoms with Crippen LogP contribution in [0.5, 0.6) is 0 Å². The normalized spacial score (nSPS) is 13.3. The average Bonchev–Trinajstić information content (AvgIpc) is 4.01. The molecular formula is C40H34F4N4S4. The number of halogens is 4. The largest absolute Gasteiger partial charge is 0.209 e. The fraction of sp³-hybridized carbons (Fsp3) is 0.250. The molecule has 0 unspecified atom stereocenters. The Morgan fingerprint density at radius 2 is 0.923 bits per heavy atom. The van der Waals surface area contributed by atoms with Crippen LogP contribution in [0.2, 0.25) is 0 Å². The van der Waals surface area contributed by atoms with E-state index < -0.39 is 23.3 Å². The first-order valence-electron chi connectivity index (χ1n) is 17.3. The Kier molecular flexibility index (Phi) is 11.4. The Morgan fingerprint density at radius 1 is 0.519 bits per heavy atom. The summed E-state index contributed by atoms with van der Waals surface area (Å²) in [7, 11) is 0. The number of hydrogen-bond donors (Lipinski definition) is 0. The standard InChI is InChI=1S/C40H34F4N4S4/c1-3-5-7-9-27(41)35(43)25-15-11-23(12-16-25)29-19-21-31(49-29)33-37-39(47-51-45-37)34(40-38(33)46-52-48-40)32-22-20-30(50-32)24-13-17-26(18-14-24)36(44)28(42)10-8-6-4-2/h11-22H,3-10H2,1-2H3/b35-27-,36-28-. The van der Waals surface area contributed by atoms with Crippen LogP contribution in [0.25, 0.3) is 64.4 Å². The number of unbranched alkanes of at least 4 members (excludes halogenated alkanes) is 4. The van der Waals surface area contributed by atoms with Crippen molar-refractivity contribution in [2.75, 3.05) is 0 Å². The first-order valence-corrected chi connectivity index (χ1v) is 20.4. The van der Waals surface area contributed by atoms with E-state index in [1.165, 1.54) is 0 Å². The molecule has 0 fully saturated rings. The van der Waals surface area contributed by atoms with E-state index in [0.717, 1.165) is 113 Å². The Morgan fingerprint density at radius 3 is 1.33 bits per heavy atom. The van der Waals surface area contributed by atoms with E-state index in [1.807, 2.05) is 62.4 Å². The lowest BCUT2D eigenvalue weighted by atomic mass is 10.0. The number of rotatable bonds is 14. The Hall–Kier alpha value is -4.10. The van der Waals surface area contributed by atoms with Gasteiger partial charge in [0.05, 0.1) is 23.1 Å². The highest BCUT2D eigenvalue weighted by molar-refractivity contribution is 7.58. The minimum Gasteiger partial charge on any atom is -0.209 e. The maximum atomic E-state index is 14.8. The molecule has 0 N–H and O–H groups in total. The van der Waals surface area contributed by atoms with E-state index in [2.05, 4.69) is 0 Å². The van der Waals surface area contributed by atoms with Crippen molar-refractivity contribution in [1.29, 1.82) is 0 Å². The third-order valence-corrected chi connectivity index (χ3v) is 12.3. The molecule has 0 aliphatic carbocycles. The van der Waals surface area contributed by atoms with Crippen LogP contribution in [0.4, 0.5) is 28.9 Å². The van der Waals surface area contributed by atoms with Crippen molar-refractivity contribution >= 4 is 79.8 Å². The van der Waals surface area contributed by atoms with Gasteiger partial charge in [-0.2, -0.15) is 17.5 Å². The molecule has 4 nitrogen and oxygen atoms in total. The highest BCUT2D eigenvalue weighted by atomic mass is 32.1. The van der Waals surface area contributed by atoms with Crippen LogP contribution >= 0.6 is 34.4 Å². The van der Waals surface area contributed by atoms with E-state index in [4.69, 9.17) is 17.5 Å². The molecule has 7 rings (SSSR count). The number of aromatic nitrogens is 2. The maximum absolute atomic E-state index is 14.8.